The number of aromatic nitrogens is 1. The van der Waals surface area contributed by atoms with Crippen molar-refractivity contribution in [2.75, 3.05) is 25.0 Å². The number of rotatable bonds is 18. The first-order valence-corrected chi connectivity index (χ1v) is 18.6. The van der Waals surface area contributed by atoms with Gasteiger partial charge in [-0.3, -0.25) is 19.2 Å². The van der Waals surface area contributed by atoms with Gasteiger partial charge in [-0.15, -0.1) is 0 Å². The van der Waals surface area contributed by atoms with Gasteiger partial charge in [0.05, 0.1) is 24.0 Å². The van der Waals surface area contributed by atoms with Crippen LogP contribution < -0.4 is 16.4 Å². The van der Waals surface area contributed by atoms with Crippen LogP contribution in [0.1, 0.15) is 57.3 Å². The van der Waals surface area contributed by atoms with Crippen LogP contribution in [0.3, 0.4) is 0 Å². The zero-order valence-electron chi connectivity index (χ0n) is 31.7. The second-order valence-corrected chi connectivity index (χ2v) is 14.6. The molecule has 58 heavy (non-hydrogen) atoms. The lowest BCUT2D eigenvalue weighted by Crippen LogP contribution is -2.50. The van der Waals surface area contributed by atoms with Crippen LogP contribution >= 0.6 is 15.9 Å². The number of nitrogens with zero attached hydrogens (tertiary/aromatic N) is 2. The molecule has 0 saturated carbocycles. The van der Waals surface area contributed by atoms with Crippen molar-refractivity contribution >= 4 is 51.4 Å². The molecule has 0 spiro atoms. The van der Waals surface area contributed by atoms with Gasteiger partial charge in [-0.2, -0.15) is 13.2 Å². The van der Waals surface area contributed by atoms with Gasteiger partial charge >= 0.3 is 18.1 Å². The van der Waals surface area contributed by atoms with Crippen LogP contribution in [0.25, 0.3) is 11.1 Å². The molecule has 20 heteroatoms. The maximum absolute atomic E-state index is 15.0. The van der Waals surface area contributed by atoms with Crippen molar-refractivity contribution in [3.63, 3.8) is 0 Å². The summed E-state index contributed by atoms with van der Waals surface area (Å²) in [5, 5.41) is 31.5. The minimum Gasteiger partial charge on any atom is -0.480 e. The van der Waals surface area contributed by atoms with Gasteiger partial charge in [-0.25, -0.2) is 18.4 Å². The summed E-state index contributed by atoms with van der Waals surface area (Å²) in [6.07, 6.45) is -4.03. The molecule has 3 atom stereocenters. The van der Waals surface area contributed by atoms with Crippen molar-refractivity contribution in [3.8, 4) is 11.1 Å². The Morgan fingerprint density at radius 3 is 2.10 bits per heavy atom. The fourth-order valence-corrected chi connectivity index (χ4v) is 5.88. The van der Waals surface area contributed by atoms with Gasteiger partial charge in [0, 0.05) is 42.5 Å². The highest BCUT2D eigenvalue weighted by Gasteiger charge is 2.39. The van der Waals surface area contributed by atoms with Crippen LogP contribution in [-0.4, -0.2) is 104 Å². The minimum absolute atomic E-state index is 0.000169. The lowest BCUT2D eigenvalue weighted by molar-refractivity contribution is -0.192. The fourth-order valence-electron chi connectivity index (χ4n) is 5.68. The number of ketones is 1. The summed E-state index contributed by atoms with van der Waals surface area (Å²) < 4.78 is 62.8. The van der Waals surface area contributed by atoms with Gasteiger partial charge in [0.1, 0.15) is 24.3 Å². The Morgan fingerprint density at radius 1 is 0.948 bits per heavy atom. The van der Waals surface area contributed by atoms with E-state index in [0.717, 1.165) is 23.8 Å². The Kier molecular flexibility index (Phi) is 18.6. The summed E-state index contributed by atoms with van der Waals surface area (Å²) >= 11 is 2.96. The molecule has 14 nitrogen and oxygen atoms in total. The zero-order valence-corrected chi connectivity index (χ0v) is 33.3. The van der Waals surface area contributed by atoms with E-state index in [-0.39, 0.29) is 43.2 Å². The van der Waals surface area contributed by atoms with Gasteiger partial charge in [0.25, 0.3) is 0 Å². The molecule has 0 bridgehead atoms. The average molecular weight is 891 g/mol. The molecule has 318 valence electrons. The Labute approximate surface area is 338 Å². The van der Waals surface area contributed by atoms with E-state index in [1.165, 1.54) is 4.90 Å². The summed E-state index contributed by atoms with van der Waals surface area (Å²) in [6.45, 7) is 4.62. The van der Waals surface area contributed by atoms with Crippen LogP contribution in [-0.2, 0) is 35.3 Å². The maximum atomic E-state index is 15.0. The number of halogens is 6. The van der Waals surface area contributed by atoms with E-state index in [9.17, 15) is 56.1 Å². The summed E-state index contributed by atoms with van der Waals surface area (Å²) in [5.41, 5.74) is 7.31. The zero-order chi connectivity index (χ0) is 44.0. The van der Waals surface area contributed by atoms with Crippen molar-refractivity contribution in [2.45, 2.75) is 70.9 Å². The molecular weight excluding hydrogens is 845 g/mol. The van der Waals surface area contributed by atoms with E-state index >= 15 is 0 Å². The first-order chi connectivity index (χ1) is 27.0. The van der Waals surface area contributed by atoms with Crippen LogP contribution in [0.4, 0.5) is 22.0 Å². The van der Waals surface area contributed by atoms with Crippen molar-refractivity contribution < 1.29 is 66.0 Å². The molecule has 1 aromatic heterocycles. The number of benzene rings is 2. The Hall–Kier alpha value is -5.21. The number of aliphatic hydroxyl groups is 1. The van der Waals surface area contributed by atoms with Crippen molar-refractivity contribution in [1.82, 2.24) is 20.1 Å². The molecule has 0 radical (unpaired) electrons. The monoisotopic (exact) mass is 889 g/mol. The van der Waals surface area contributed by atoms with E-state index in [4.69, 9.17) is 15.6 Å². The Bertz CT molecular complexity index is 1900. The number of aliphatic hydroxyl groups excluding tert-OH is 1. The van der Waals surface area contributed by atoms with Crippen molar-refractivity contribution in [3.05, 3.63) is 83.7 Å². The first-order valence-electron chi connectivity index (χ1n) is 17.5. The topological polar surface area (TPSA) is 221 Å². The van der Waals surface area contributed by atoms with E-state index < -0.39 is 83.4 Å². The molecule has 3 amide bonds. The van der Waals surface area contributed by atoms with Crippen LogP contribution in [0.5, 0.6) is 0 Å². The molecule has 3 rings (SSSR count). The number of carbonyl (C=O) groups excluding carboxylic acids is 4. The highest BCUT2D eigenvalue weighted by atomic mass is 79.9. The second-order valence-electron chi connectivity index (χ2n) is 14.0. The van der Waals surface area contributed by atoms with Crippen LogP contribution in [0, 0.1) is 17.0 Å². The van der Waals surface area contributed by atoms with Gasteiger partial charge in [0.2, 0.25) is 17.7 Å². The molecule has 2 aromatic carbocycles. The quantitative estimate of drug-likeness (QED) is 0.0791. The molecular formula is C38H45BrF5N5O9. The fraction of sp³-hybridized carbons (Fsp3) is 0.421. The van der Waals surface area contributed by atoms with E-state index in [2.05, 4.69) is 26.6 Å². The highest BCUT2D eigenvalue weighted by molar-refractivity contribution is 9.09. The number of Topliss-reactive ketones (excluding diaryl/α,β-unsaturated/α-hetero) is 1. The third-order valence-electron chi connectivity index (χ3n) is 8.42. The number of amides is 3. The van der Waals surface area contributed by atoms with E-state index in [1.807, 2.05) is 55.7 Å². The predicted molar refractivity (Wildman–Crippen MR) is 203 cm³/mol. The van der Waals surface area contributed by atoms with Gasteiger partial charge < -0.3 is 41.2 Å². The number of carboxylic acids is 2. The molecule has 0 fully saturated rings. The number of aliphatic carboxylic acids is 2. The number of alkyl halides is 4. The first kappa shape index (κ1) is 48.9. The normalized spacial score (nSPS) is 12.9. The number of hydrogen-bond acceptors (Lipinski definition) is 8. The SMILES string of the molecule is CC(C)(C)[C@H](c1cc(-c2cc(F)ccc2F)cn1Cc1ccccc1)N(CC[C@H](N)C(=O)NC(CCC(=O)CNC(=O)CBr)C(=O)O)C(=O)CO.O=C(O)C(F)(F)F. The number of carboxylic acid groups (broad SMARTS) is 2. The molecule has 3 aromatic rings. The minimum atomic E-state index is -5.08. The Morgan fingerprint density at radius 2 is 1.57 bits per heavy atom. The average Bonchev–Trinajstić information content (AvgIpc) is 3.55. The molecule has 0 aliphatic rings. The summed E-state index contributed by atoms with van der Waals surface area (Å²) in [7, 11) is 0. The smallest absolute Gasteiger partial charge is 0.480 e. The van der Waals surface area contributed by atoms with Crippen molar-refractivity contribution in [2.24, 2.45) is 11.1 Å². The lowest BCUT2D eigenvalue weighted by Gasteiger charge is -2.41. The highest BCUT2D eigenvalue weighted by Crippen LogP contribution is 2.41. The van der Waals surface area contributed by atoms with E-state index in [0.29, 0.717) is 17.8 Å². The van der Waals surface area contributed by atoms with E-state index in [1.54, 1.807) is 12.3 Å². The van der Waals surface area contributed by atoms with Gasteiger partial charge in [-0.05, 0) is 48.1 Å². The second kappa shape index (κ2) is 22.1. The third kappa shape index (κ3) is 15.3. The van der Waals surface area contributed by atoms with Gasteiger partial charge in [0.15, 0.2) is 5.78 Å². The molecule has 1 heterocycles. The maximum Gasteiger partial charge on any atom is 0.490 e. The number of nitrogens with one attached hydrogen (secondary N) is 2. The van der Waals surface area contributed by atoms with Crippen LogP contribution in [0.15, 0.2) is 60.8 Å². The largest absolute Gasteiger partial charge is 0.490 e. The lowest BCUT2D eigenvalue weighted by atomic mass is 9.82. The summed E-state index contributed by atoms with van der Waals surface area (Å²) in [5.74, 6) is -7.76. The molecule has 0 saturated heterocycles. The summed E-state index contributed by atoms with van der Waals surface area (Å²) in [4.78, 5) is 72.1. The predicted octanol–water partition coefficient (Wildman–Crippen LogP) is 4.17. The Balaban J connectivity index is 0.00000151. The van der Waals surface area contributed by atoms with Gasteiger partial charge in [-0.1, -0.05) is 67.0 Å². The molecule has 0 aliphatic carbocycles. The summed E-state index contributed by atoms with van der Waals surface area (Å²) in [6, 6.07) is 10.7. The van der Waals surface area contributed by atoms with Crippen LogP contribution in [0.2, 0.25) is 0 Å². The number of nitrogens with two attached hydrogens (primary N) is 1. The van der Waals surface area contributed by atoms with Crippen molar-refractivity contribution in [1.29, 1.82) is 0 Å². The number of hydrogen-bond donors (Lipinski definition) is 6. The third-order valence-corrected chi connectivity index (χ3v) is 8.93. The molecule has 0 aliphatic heterocycles. The number of carbonyl (C=O) groups is 6. The molecule has 1 unspecified atom stereocenters. The standard InChI is InChI=1S/C36H44BrF2N5O7.C2HF3O2/c1-36(2,3)33(30-15-23(26-16-24(38)9-11-27(26)39)20-43(30)19-22-7-5-4-6-8-22)44(32(48)21-45)14-13-28(40)34(49)42-29(35(50)51)12-10-25(46)18-41-31(47)17-37;3-2(4,5)1(6)7/h4-9,11,15-16,20,28-29,33,45H,10,12-14,17-19,21,40H2,1-3H3,(H,41,47)(H,42,49)(H,50,51);(H,6,7)/t28-,29?,33-;/m0./s1. The molecule has 7 N–H and O–H groups in total.